The van der Waals surface area contributed by atoms with Crippen LogP contribution in [-0.4, -0.2) is 33.3 Å². The lowest BCUT2D eigenvalue weighted by Gasteiger charge is -2.21. The van der Waals surface area contributed by atoms with Crippen molar-refractivity contribution >= 4 is 51.8 Å². The molecule has 1 saturated carbocycles. The molecule has 1 atom stereocenters. The van der Waals surface area contributed by atoms with Crippen LogP contribution in [0.15, 0.2) is 24.3 Å². The van der Waals surface area contributed by atoms with Gasteiger partial charge in [0.2, 0.25) is 5.91 Å². The van der Waals surface area contributed by atoms with E-state index in [0.717, 1.165) is 42.8 Å². The van der Waals surface area contributed by atoms with Gasteiger partial charge in [-0.15, -0.1) is 23.2 Å². The Morgan fingerprint density at radius 3 is 2.33 bits per heavy atom. The molecule has 0 spiro atoms. The molecule has 1 saturated heterocycles. The smallest absolute Gasteiger partial charge is 0.234 e. The third kappa shape index (κ3) is 2.50. The van der Waals surface area contributed by atoms with Crippen LogP contribution in [0.25, 0.3) is 11.0 Å². The van der Waals surface area contributed by atoms with Crippen LogP contribution in [0.3, 0.4) is 0 Å². The maximum Gasteiger partial charge on any atom is 0.234 e. The van der Waals surface area contributed by atoms with E-state index in [0.29, 0.717) is 12.2 Å². The molecule has 0 radical (unpaired) electrons. The Labute approximate surface area is 150 Å². The number of anilines is 2. The Hall–Kier alpha value is -1.59. The number of hydrogen-bond donors (Lipinski definition) is 1. The lowest BCUT2D eigenvalue weighted by Crippen LogP contribution is -2.29. The topological polar surface area (TPSA) is 58.1 Å². The minimum absolute atomic E-state index is 0.211. The van der Waals surface area contributed by atoms with Gasteiger partial charge < -0.3 is 10.2 Å². The van der Waals surface area contributed by atoms with E-state index in [2.05, 4.69) is 15.2 Å². The molecular weight excluding hydrogens is 347 g/mol. The summed E-state index contributed by atoms with van der Waals surface area (Å²) < 4.78 is -1.00. The van der Waals surface area contributed by atoms with Crippen LogP contribution in [0.4, 0.5) is 11.6 Å². The van der Waals surface area contributed by atoms with Gasteiger partial charge in [0.15, 0.2) is 11.6 Å². The Morgan fingerprint density at radius 2 is 1.75 bits per heavy atom. The second-order valence-corrected chi connectivity index (χ2v) is 8.23. The number of benzene rings is 1. The molecule has 1 aromatic heterocycles. The van der Waals surface area contributed by atoms with Gasteiger partial charge >= 0.3 is 0 Å². The van der Waals surface area contributed by atoms with Crippen molar-refractivity contribution in [3.63, 3.8) is 0 Å². The van der Waals surface area contributed by atoms with E-state index < -0.39 is 9.75 Å². The number of carbonyl (C=O) groups excluding carboxylic acids is 1. The fraction of sp³-hybridized carbons (Fsp3) is 0.471. The molecule has 1 unspecified atom stereocenters. The summed E-state index contributed by atoms with van der Waals surface area (Å²) in [7, 11) is 0. The van der Waals surface area contributed by atoms with Gasteiger partial charge in [-0.1, -0.05) is 12.1 Å². The van der Waals surface area contributed by atoms with Crippen molar-refractivity contribution in [2.45, 2.75) is 30.5 Å². The van der Waals surface area contributed by atoms with Crippen LogP contribution < -0.4 is 10.2 Å². The average molecular weight is 365 g/mol. The molecule has 4 rings (SSSR count). The summed E-state index contributed by atoms with van der Waals surface area (Å²) >= 11 is 12.3. The molecule has 1 N–H and O–H groups in total. The van der Waals surface area contributed by atoms with E-state index in [9.17, 15) is 4.79 Å². The number of para-hydroxylation sites is 2. The lowest BCUT2D eigenvalue weighted by atomic mass is 10.1. The van der Waals surface area contributed by atoms with Crippen LogP contribution >= 0.6 is 23.2 Å². The second kappa shape index (κ2) is 5.46. The van der Waals surface area contributed by atoms with Crippen LogP contribution in [0.1, 0.15) is 26.2 Å². The summed E-state index contributed by atoms with van der Waals surface area (Å²) in [5.74, 6) is 0.994. The van der Waals surface area contributed by atoms with Gasteiger partial charge in [-0.2, -0.15) is 0 Å². The summed E-state index contributed by atoms with van der Waals surface area (Å²) in [5.41, 5.74) is 0.782. The van der Waals surface area contributed by atoms with Crippen LogP contribution in [0, 0.1) is 5.41 Å². The molecule has 7 heteroatoms. The fourth-order valence-electron chi connectivity index (χ4n) is 3.12. The summed E-state index contributed by atoms with van der Waals surface area (Å²) in [6.45, 7) is 3.61. The monoisotopic (exact) mass is 364 g/mol. The fourth-order valence-corrected chi connectivity index (χ4v) is 3.82. The van der Waals surface area contributed by atoms with Crippen molar-refractivity contribution < 1.29 is 4.79 Å². The van der Waals surface area contributed by atoms with Gasteiger partial charge in [0.05, 0.1) is 16.4 Å². The predicted molar refractivity (Wildman–Crippen MR) is 96.8 cm³/mol. The van der Waals surface area contributed by atoms with Gasteiger partial charge in [-0.3, -0.25) is 4.79 Å². The molecule has 1 aliphatic heterocycles. The largest absolute Gasteiger partial charge is 0.354 e. The maximum atomic E-state index is 12.6. The number of halogens is 2. The molecule has 5 nitrogen and oxygen atoms in total. The van der Waals surface area contributed by atoms with Crippen molar-refractivity contribution in [1.29, 1.82) is 0 Å². The van der Waals surface area contributed by atoms with Gasteiger partial charge in [0.1, 0.15) is 4.33 Å². The van der Waals surface area contributed by atoms with Gasteiger partial charge in [0.25, 0.3) is 0 Å². The minimum atomic E-state index is -1.00. The van der Waals surface area contributed by atoms with E-state index in [1.807, 2.05) is 24.3 Å². The second-order valence-electron chi connectivity index (χ2n) is 6.75. The van der Waals surface area contributed by atoms with Gasteiger partial charge in [0, 0.05) is 13.1 Å². The molecule has 1 aromatic carbocycles. The third-order valence-electron chi connectivity index (χ3n) is 4.95. The quantitative estimate of drug-likeness (QED) is 0.842. The summed E-state index contributed by atoms with van der Waals surface area (Å²) in [4.78, 5) is 24.2. The molecule has 0 bridgehead atoms. The first-order chi connectivity index (χ1) is 11.4. The Balaban J connectivity index is 1.72. The molecule has 2 fully saturated rings. The normalized spacial score (nSPS) is 25.0. The Bertz CT molecular complexity index is 819. The highest BCUT2D eigenvalue weighted by Crippen LogP contribution is 2.64. The first-order valence-electron chi connectivity index (χ1n) is 8.12. The highest BCUT2D eigenvalue weighted by Gasteiger charge is 2.68. The number of hydrogen-bond acceptors (Lipinski definition) is 4. The number of nitrogens with zero attached hydrogens (tertiary/aromatic N) is 3. The van der Waals surface area contributed by atoms with E-state index >= 15 is 0 Å². The highest BCUT2D eigenvalue weighted by molar-refractivity contribution is 6.53. The molecule has 1 amide bonds. The molecule has 2 aliphatic rings. The zero-order chi connectivity index (χ0) is 16.9. The summed E-state index contributed by atoms with van der Waals surface area (Å²) in [6, 6.07) is 7.66. The number of carbonyl (C=O) groups is 1. The van der Waals surface area contributed by atoms with E-state index in [4.69, 9.17) is 28.2 Å². The minimum Gasteiger partial charge on any atom is -0.354 e. The zero-order valence-electron chi connectivity index (χ0n) is 13.4. The molecule has 1 aliphatic carbocycles. The Morgan fingerprint density at radius 1 is 1.17 bits per heavy atom. The van der Waals surface area contributed by atoms with Gasteiger partial charge in [-0.05, 0) is 38.3 Å². The van der Waals surface area contributed by atoms with Crippen molar-refractivity contribution in [2.75, 3.05) is 23.3 Å². The first-order valence-corrected chi connectivity index (χ1v) is 8.87. The van der Waals surface area contributed by atoms with E-state index in [1.165, 1.54) is 0 Å². The van der Waals surface area contributed by atoms with Crippen molar-refractivity contribution in [3.05, 3.63) is 24.3 Å². The van der Waals surface area contributed by atoms with Crippen LogP contribution in [0.2, 0.25) is 0 Å². The van der Waals surface area contributed by atoms with E-state index in [1.54, 1.807) is 6.92 Å². The molecular formula is C17H18Cl2N4O. The predicted octanol–water partition coefficient (Wildman–Crippen LogP) is 3.75. The molecule has 2 aromatic rings. The standard InChI is InChI=1S/C17H18Cl2N4O/c1-16(10-17(16,18)19)15(24)22-13-14(23-8-4-5-9-23)21-12-7-3-2-6-11(12)20-13/h2-3,6-7H,4-5,8-10H2,1H3,(H,20,22,24). The summed E-state index contributed by atoms with van der Waals surface area (Å²) in [5, 5.41) is 2.91. The molecule has 24 heavy (non-hydrogen) atoms. The van der Waals surface area contributed by atoms with Crippen LogP contribution in [0.5, 0.6) is 0 Å². The number of aromatic nitrogens is 2. The molecule has 126 valence electrons. The molecule has 2 heterocycles. The number of alkyl halides is 2. The van der Waals surface area contributed by atoms with Gasteiger partial charge in [-0.25, -0.2) is 9.97 Å². The number of nitrogens with one attached hydrogen (secondary N) is 1. The third-order valence-corrected chi connectivity index (χ3v) is 6.05. The van der Waals surface area contributed by atoms with Crippen molar-refractivity contribution in [3.8, 4) is 0 Å². The van der Waals surface area contributed by atoms with Crippen molar-refractivity contribution in [2.24, 2.45) is 5.41 Å². The number of rotatable bonds is 3. The Kier molecular flexibility index (Phi) is 3.62. The van der Waals surface area contributed by atoms with Crippen LogP contribution in [-0.2, 0) is 4.79 Å². The van der Waals surface area contributed by atoms with E-state index in [-0.39, 0.29) is 5.91 Å². The number of fused-ring (bicyclic) bond motifs is 1. The maximum absolute atomic E-state index is 12.6. The van der Waals surface area contributed by atoms with Crippen molar-refractivity contribution in [1.82, 2.24) is 9.97 Å². The first kappa shape index (κ1) is 15.9. The summed E-state index contributed by atoms with van der Waals surface area (Å²) in [6.07, 6.45) is 2.67. The zero-order valence-corrected chi connectivity index (χ0v) is 14.9. The lowest BCUT2D eigenvalue weighted by molar-refractivity contribution is -0.120. The number of amides is 1. The average Bonchev–Trinajstić information content (AvgIpc) is 2.94. The SMILES string of the molecule is CC1(C(=O)Nc2nc3ccccc3nc2N2CCCC2)CC1(Cl)Cl. The highest BCUT2D eigenvalue weighted by atomic mass is 35.5.